The Morgan fingerprint density at radius 2 is 1.75 bits per heavy atom. The van der Waals surface area contributed by atoms with E-state index in [1.165, 1.54) is 12.1 Å². The van der Waals surface area contributed by atoms with Crippen LogP contribution in [0.15, 0.2) is 36.5 Å². The standard InChI is InChI=1S/C31H41F2N3O4/c1-3-31(33,4-2)19-36-11-9-20(10-12-36)18-40-28-8-6-22(17-35-28)21-5-7-26(27(32)16-21)29(38)23-13-24(30(34)39)15-25(37)14-23/h5-8,16-17,20,23-25,37H,3-4,9-15,18-19H2,1-2H3,(H2,34,39). The average molecular weight is 558 g/mol. The zero-order chi connectivity index (χ0) is 28.9. The summed E-state index contributed by atoms with van der Waals surface area (Å²) < 4.78 is 35.7. The number of pyridine rings is 1. The number of amides is 1. The maximum atomic E-state index is 15.0. The molecule has 0 spiro atoms. The fourth-order valence-corrected chi connectivity index (χ4v) is 5.87. The quantitative estimate of drug-likeness (QED) is 0.379. The fourth-order valence-electron chi connectivity index (χ4n) is 5.87. The second-order valence-corrected chi connectivity index (χ2v) is 11.5. The Labute approximate surface area is 235 Å². The van der Waals surface area contributed by atoms with Crippen LogP contribution in [0.25, 0.3) is 11.1 Å². The molecule has 2 aromatic rings. The molecule has 3 unspecified atom stereocenters. The van der Waals surface area contributed by atoms with E-state index in [-0.39, 0.29) is 24.8 Å². The molecule has 2 aliphatic rings. The van der Waals surface area contributed by atoms with Crippen molar-refractivity contribution >= 4 is 11.7 Å². The number of hydrogen-bond acceptors (Lipinski definition) is 6. The minimum absolute atomic E-state index is 0.0633. The van der Waals surface area contributed by atoms with Gasteiger partial charge in [-0.1, -0.05) is 19.9 Å². The van der Waals surface area contributed by atoms with E-state index in [0.717, 1.165) is 25.9 Å². The number of Topliss-reactive ketones (excluding diaryl/α,β-unsaturated/α-hetero) is 1. The molecule has 4 rings (SSSR count). The Balaban J connectivity index is 1.30. The molecular formula is C31H41F2N3O4. The predicted octanol–water partition coefficient (Wildman–Crippen LogP) is 4.95. The summed E-state index contributed by atoms with van der Waals surface area (Å²) in [7, 11) is 0. The van der Waals surface area contributed by atoms with E-state index in [9.17, 15) is 19.1 Å². The van der Waals surface area contributed by atoms with E-state index in [1.54, 1.807) is 24.4 Å². The van der Waals surface area contributed by atoms with Crippen LogP contribution in [-0.4, -0.2) is 64.7 Å². The van der Waals surface area contributed by atoms with Gasteiger partial charge in [0, 0.05) is 36.2 Å². The average Bonchev–Trinajstić information content (AvgIpc) is 2.96. The topological polar surface area (TPSA) is 106 Å². The van der Waals surface area contributed by atoms with Gasteiger partial charge in [-0.25, -0.2) is 13.8 Å². The van der Waals surface area contributed by atoms with Crippen LogP contribution >= 0.6 is 0 Å². The molecular weight excluding hydrogens is 516 g/mol. The minimum atomic E-state index is -1.11. The number of benzene rings is 1. The first kappa shape index (κ1) is 30.1. The van der Waals surface area contributed by atoms with Crippen LogP contribution in [0, 0.1) is 23.6 Å². The molecule has 2 heterocycles. The Morgan fingerprint density at radius 1 is 1.07 bits per heavy atom. The highest BCUT2D eigenvalue weighted by molar-refractivity contribution is 5.99. The number of alkyl halides is 1. The molecule has 0 radical (unpaired) electrons. The van der Waals surface area contributed by atoms with Gasteiger partial charge in [-0.3, -0.25) is 9.59 Å². The lowest BCUT2D eigenvalue weighted by molar-refractivity contribution is -0.124. The second-order valence-electron chi connectivity index (χ2n) is 11.5. The zero-order valence-corrected chi connectivity index (χ0v) is 23.5. The fraction of sp³-hybridized carbons (Fsp3) is 0.581. The van der Waals surface area contributed by atoms with Crippen molar-refractivity contribution in [1.29, 1.82) is 0 Å². The van der Waals surface area contributed by atoms with Crippen LogP contribution in [0.2, 0.25) is 0 Å². The molecule has 0 bridgehead atoms. The number of halogens is 2. The Hall–Kier alpha value is -2.91. The van der Waals surface area contributed by atoms with Crippen LogP contribution in [0.1, 0.15) is 69.2 Å². The first-order chi connectivity index (χ1) is 19.1. The van der Waals surface area contributed by atoms with Gasteiger partial charge in [-0.05, 0) is 87.7 Å². The van der Waals surface area contributed by atoms with Crippen molar-refractivity contribution in [2.45, 2.75) is 70.6 Å². The normalized spacial score (nSPS) is 22.7. The lowest BCUT2D eigenvalue weighted by atomic mass is 9.76. The highest BCUT2D eigenvalue weighted by Crippen LogP contribution is 2.33. The number of carbonyl (C=O) groups is 2. The largest absolute Gasteiger partial charge is 0.477 e. The number of primary amides is 1. The van der Waals surface area contributed by atoms with E-state index in [0.29, 0.717) is 48.9 Å². The van der Waals surface area contributed by atoms with Crippen molar-refractivity contribution in [3.05, 3.63) is 47.9 Å². The number of nitrogens with two attached hydrogens (primary N) is 1. The van der Waals surface area contributed by atoms with Crippen molar-refractivity contribution < 1.29 is 28.2 Å². The number of piperidine rings is 1. The molecule has 3 atom stereocenters. The minimum Gasteiger partial charge on any atom is -0.477 e. The van der Waals surface area contributed by atoms with Crippen molar-refractivity contribution in [3.63, 3.8) is 0 Å². The van der Waals surface area contributed by atoms with Gasteiger partial charge in [0.15, 0.2) is 5.78 Å². The maximum absolute atomic E-state index is 15.0. The lowest BCUT2D eigenvalue weighted by Crippen LogP contribution is -2.44. The third-order valence-electron chi connectivity index (χ3n) is 8.71. The molecule has 218 valence electrons. The molecule has 1 saturated heterocycles. The monoisotopic (exact) mass is 557 g/mol. The summed E-state index contributed by atoms with van der Waals surface area (Å²) in [4.78, 5) is 31.2. The molecule has 40 heavy (non-hydrogen) atoms. The number of aliphatic hydroxyl groups is 1. The Bertz CT molecular complexity index is 1160. The van der Waals surface area contributed by atoms with Crippen molar-refractivity contribution in [2.24, 2.45) is 23.5 Å². The smallest absolute Gasteiger partial charge is 0.220 e. The molecule has 3 N–H and O–H groups in total. The van der Waals surface area contributed by atoms with Gasteiger partial charge in [-0.15, -0.1) is 0 Å². The summed E-state index contributed by atoms with van der Waals surface area (Å²) in [5.74, 6) is -2.02. The number of aliphatic hydroxyl groups excluding tert-OH is 1. The first-order valence-electron chi connectivity index (χ1n) is 14.4. The second kappa shape index (κ2) is 13.2. The van der Waals surface area contributed by atoms with E-state index in [1.807, 2.05) is 13.8 Å². The van der Waals surface area contributed by atoms with Crippen LogP contribution in [0.3, 0.4) is 0 Å². The molecule has 1 aromatic heterocycles. The number of nitrogens with zero attached hydrogens (tertiary/aromatic N) is 2. The van der Waals surface area contributed by atoms with Crippen LogP contribution in [0.5, 0.6) is 5.88 Å². The number of ketones is 1. The maximum Gasteiger partial charge on any atom is 0.220 e. The summed E-state index contributed by atoms with van der Waals surface area (Å²) in [5, 5.41) is 10.1. The molecule has 7 nitrogen and oxygen atoms in total. The zero-order valence-electron chi connectivity index (χ0n) is 23.5. The van der Waals surface area contributed by atoms with Gasteiger partial charge in [-0.2, -0.15) is 0 Å². The van der Waals surface area contributed by atoms with E-state index >= 15 is 4.39 Å². The Morgan fingerprint density at radius 3 is 2.35 bits per heavy atom. The first-order valence-corrected chi connectivity index (χ1v) is 14.4. The molecule has 1 aliphatic heterocycles. The summed E-state index contributed by atoms with van der Waals surface area (Å²) >= 11 is 0. The summed E-state index contributed by atoms with van der Waals surface area (Å²) in [6, 6.07) is 7.95. The number of carbonyl (C=O) groups excluding carboxylic acids is 2. The highest BCUT2D eigenvalue weighted by Gasteiger charge is 2.36. The van der Waals surface area contributed by atoms with Gasteiger partial charge < -0.3 is 20.5 Å². The van der Waals surface area contributed by atoms with Crippen molar-refractivity contribution in [3.8, 4) is 17.0 Å². The molecule has 1 aromatic carbocycles. The number of ether oxygens (including phenoxy) is 1. The lowest BCUT2D eigenvalue weighted by Gasteiger charge is -2.36. The van der Waals surface area contributed by atoms with E-state index < -0.39 is 41.1 Å². The third-order valence-corrected chi connectivity index (χ3v) is 8.71. The third kappa shape index (κ3) is 7.43. The Kier molecular flexibility index (Phi) is 9.90. The predicted molar refractivity (Wildman–Crippen MR) is 149 cm³/mol. The van der Waals surface area contributed by atoms with E-state index in [2.05, 4.69) is 9.88 Å². The molecule has 2 fully saturated rings. The number of rotatable bonds is 11. The molecule has 1 amide bonds. The van der Waals surface area contributed by atoms with E-state index in [4.69, 9.17) is 10.5 Å². The molecule has 1 aliphatic carbocycles. The summed E-state index contributed by atoms with van der Waals surface area (Å²) in [6.45, 7) is 6.57. The van der Waals surface area contributed by atoms with Crippen molar-refractivity contribution in [2.75, 3.05) is 26.2 Å². The number of hydrogen-bond donors (Lipinski definition) is 2. The summed E-state index contributed by atoms with van der Waals surface area (Å²) in [5.41, 5.74) is 5.46. The van der Waals surface area contributed by atoms with Gasteiger partial charge in [0.1, 0.15) is 11.5 Å². The van der Waals surface area contributed by atoms with Crippen LogP contribution < -0.4 is 10.5 Å². The highest BCUT2D eigenvalue weighted by atomic mass is 19.1. The number of aromatic nitrogens is 1. The SMILES string of the molecule is CCC(F)(CC)CN1CCC(COc2ccc(-c3ccc(C(=O)C4CC(O)CC(C(N)=O)C4)c(F)c3)cn2)CC1. The van der Waals surface area contributed by atoms with Gasteiger partial charge in [0.25, 0.3) is 0 Å². The van der Waals surface area contributed by atoms with Crippen LogP contribution in [0.4, 0.5) is 8.78 Å². The summed E-state index contributed by atoms with van der Waals surface area (Å²) in [6.07, 6.45) is 4.40. The van der Waals surface area contributed by atoms with Gasteiger partial charge in [0.05, 0.1) is 18.3 Å². The van der Waals surface area contributed by atoms with Gasteiger partial charge >= 0.3 is 0 Å². The van der Waals surface area contributed by atoms with Crippen LogP contribution in [-0.2, 0) is 4.79 Å². The van der Waals surface area contributed by atoms with Crippen molar-refractivity contribution in [1.82, 2.24) is 9.88 Å². The number of likely N-dealkylation sites (tertiary alicyclic amines) is 1. The van der Waals surface area contributed by atoms with Gasteiger partial charge in [0.2, 0.25) is 11.8 Å². The molecule has 9 heteroatoms. The molecule has 1 saturated carbocycles.